The number of nitrogens with zero attached hydrogens (tertiary/aromatic N) is 1. The monoisotopic (exact) mass is 333 g/mol. The first-order valence-electron chi connectivity index (χ1n) is 8.68. The average Bonchev–Trinajstić information content (AvgIpc) is 3.30. The fourth-order valence-corrected chi connectivity index (χ4v) is 3.49. The molecular formula is C18H27N3O3. The Morgan fingerprint density at radius 2 is 2.00 bits per heavy atom. The van der Waals surface area contributed by atoms with Crippen LogP contribution in [-0.2, 0) is 4.79 Å². The molecule has 2 fully saturated rings. The number of nitrogens with one attached hydrogen (secondary N) is 2. The maximum Gasteiger partial charge on any atom is 0.237 e. The molecule has 6 nitrogen and oxygen atoms in total. The molecule has 1 aromatic rings. The van der Waals surface area contributed by atoms with E-state index >= 15 is 0 Å². The second kappa shape index (κ2) is 7.75. The van der Waals surface area contributed by atoms with E-state index in [0.717, 1.165) is 62.6 Å². The fourth-order valence-electron chi connectivity index (χ4n) is 3.49. The number of hydrogen-bond acceptors (Lipinski definition) is 5. The van der Waals surface area contributed by atoms with Gasteiger partial charge < -0.3 is 25.0 Å². The van der Waals surface area contributed by atoms with E-state index in [-0.39, 0.29) is 11.9 Å². The Morgan fingerprint density at radius 3 is 2.62 bits per heavy atom. The van der Waals surface area contributed by atoms with Crippen LogP contribution in [0.4, 0.5) is 5.69 Å². The van der Waals surface area contributed by atoms with E-state index < -0.39 is 0 Å². The van der Waals surface area contributed by atoms with Crippen molar-refractivity contribution in [3.8, 4) is 11.5 Å². The number of amides is 1. The van der Waals surface area contributed by atoms with Crippen LogP contribution in [0.2, 0.25) is 0 Å². The van der Waals surface area contributed by atoms with Crippen LogP contribution in [-0.4, -0.2) is 52.3 Å². The summed E-state index contributed by atoms with van der Waals surface area (Å²) in [7, 11) is 3.33. The van der Waals surface area contributed by atoms with Gasteiger partial charge in [-0.05, 0) is 31.7 Å². The third kappa shape index (κ3) is 3.93. The Balaban J connectivity index is 1.54. The fraction of sp³-hybridized carbons (Fsp3) is 0.611. The van der Waals surface area contributed by atoms with Crippen molar-refractivity contribution in [3.05, 3.63) is 18.2 Å². The summed E-state index contributed by atoms with van der Waals surface area (Å²) in [6.07, 6.45) is 3.12. The second-order valence-electron chi connectivity index (χ2n) is 6.57. The first kappa shape index (κ1) is 16.9. The van der Waals surface area contributed by atoms with Crippen LogP contribution >= 0.6 is 0 Å². The maximum atomic E-state index is 12.1. The van der Waals surface area contributed by atoms with Gasteiger partial charge in [0, 0.05) is 43.5 Å². The minimum Gasteiger partial charge on any atom is -0.497 e. The normalized spacial score (nSPS) is 23.3. The number of anilines is 1. The van der Waals surface area contributed by atoms with Gasteiger partial charge in [-0.1, -0.05) is 0 Å². The molecule has 0 aromatic heterocycles. The van der Waals surface area contributed by atoms with Gasteiger partial charge in [0.2, 0.25) is 5.91 Å². The predicted octanol–water partition coefficient (Wildman–Crippen LogP) is 1.40. The Hall–Kier alpha value is -1.95. The van der Waals surface area contributed by atoms with Gasteiger partial charge in [0.1, 0.15) is 11.5 Å². The Bertz CT molecular complexity index is 550. The third-order valence-corrected chi connectivity index (χ3v) is 4.93. The number of benzene rings is 1. The molecule has 1 aromatic carbocycles. The minimum atomic E-state index is 0.00477. The number of rotatable bonds is 6. The lowest BCUT2D eigenvalue weighted by molar-refractivity contribution is -0.122. The van der Waals surface area contributed by atoms with Crippen LogP contribution in [0.3, 0.4) is 0 Å². The second-order valence-corrected chi connectivity index (χ2v) is 6.57. The van der Waals surface area contributed by atoms with Gasteiger partial charge in [-0.3, -0.25) is 4.79 Å². The van der Waals surface area contributed by atoms with E-state index in [1.54, 1.807) is 14.2 Å². The summed E-state index contributed by atoms with van der Waals surface area (Å²) in [4.78, 5) is 14.4. The molecule has 0 saturated carbocycles. The first-order chi connectivity index (χ1) is 11.7. The van der Waals surface area contributed by atoms with E-state index in [4.69, 9.17) is 9.47 Å². The molecule has 2 saturated heterocycles. The SMILES string of the molecule is COc1cc(OC)cc(N2CCC(CNC(=O)[C@@H]3CCCN3)C2)c1. The van der Waals surface area contributed by atoms with E-state index in [1.807, 2.05) is 18.2 Å². The van der Waals surface area contributed by atoms with Crippen LogP contribution in [0.15, 0.2) is 18.2 Å². The zero-order valence-corrected chi connectivity index (χ0v) is 14.5. The molecule has 0 bridgehead atoms. The first-order valence-corrected chi connectivity index (χ1v) is 8.68. The molecule has 1 unspecified atom stereocenters. The van der Waals surface area contributed by atoms with Crippen molar-refractivity contribution in [2.75, 3.05) is 45.3 Å². The van der Waals surface area contributed by atoms with Crippen LogP contribution in [0.5, 0.6) is 11.5 Å². The van der Waals surface area contributed by atoms with Crippen LogP contribution < -0.4 is 25.0 Å². The Morgan fingerprint density at radius 1 is 1.25 bits per heavy atom. The third-order valence-electron chi connectivity index (χ3n) is 4.93. The van der Waals surface area contributed by atoms with E-state index in [2.05, 4.69) is 15.5 Å². The van der Waals surface area contributed by atoms with Crippen molar-refractivity contribution in [2.24, 2.45) is 5.92 Å². The molecule has 2 heterocycles. The lowest BCUT2D eigenvalue weighted by Gasteiger charge is -2.21. The molecule has 0 spiro atoms. The Kier molecular flexibility index (Phi) is 5.45. The standard InChI is InChI=1S/C18H27N3O3/c1-23-15-8-14(9-16(10-15)24-2)21-7-5-13(12-21)11-20-18(22)17-4-3-6-19-17/h8-10,13,17,19H,3-7,11-12H2,1-2H3,(H,20,22)/t13?,17-/m0/s1. The number of carbonyl (C=O) groups excluding carboxylic acids is 1. The van der Waals surface area contributed by atoms with Gasteiger partial charge in [0.05, 0.1) is 20.3 Å². The quantitative estimate of drug-likeness (QED) is 0.824. The number of methoxy groups -OCH3 is 2. The summed E-state index contributed by atoms with van der Waals surface area (Å²) in [5.74, 6) is 2.23. The highest BCUT2D eigenvalue weighted by Gasteiger charge is 2.26. The van der Waals surface area contributed by atoms with Crippen LogP contribution in [0.25, 0.3) is 0 Å². The molecule has 1 amide bonds. The summed E-state index contributed by atoms with van der Waals surface area (Å²) in [5, 5.41) is 6.35. The molecule has 2 aliphatic rings. The molecule has 0 aliphatic carbocycles. The predicted molar refractivity (Wildman–Crippen MR) is 93.9 cm³/mol. The highest BCUT2D eigenvalue weighted by Crippen LogP contribution is 2.31. The highest BCUT2D eigenvalue weighted by atomic mass is 16.5. The summed E-state index contributed by atoms with van der Waals surface area (Å²) >= 11 is 0. The van der Waals surface area contributed by atoms with Gasteiger partial charge in [0.25, 0.3) is 0 Å². The van der Waals surface area contributed by atoms with E-state index in [1.165, 1.54) is 0 Å². The zero-order chi connectivity index (χ0) is 16.9. The Labute approximate surface area is 143 Å². The van der Waals surface area contributed by atoms with Gasteiger partial charge in [-0.2, -0.15) is 0 Å². The van der Waals surface area contributed by atoms with Crippen molar-refractivity contribution in [1.82, 2.24) is 10.6 Å². The number of ether oxygens (including phenoxy) is 2. The molecule has 2 aliphatic heterocycles. The van der Waals surface area contributed by atoms with Crippen LogP contribution in [0.1, 0.15) is 19.3 Å². The van der Waals surface area contributed by atoms with Gasteiger partial charge in [-0.15, -0.1) is 0 Å². The van der Waals surface area contributed by atoms with Crippen LogP contribution in [0, 0.1) is 5.92 Å². The molecule has 6 heteroatoms. The molecular weight excluding hydrogens is 306 g/mol. The van der Waals surface area contributed by atoms with Crippen molar-refractivity contribution < 1.29 is 14.3 Å². The van der Waals surface area contributed by atoms with Gasteiger partial charge in [0.15, 0.2) is 0 Å². The summed E-state index contributed by atoms with van der Waals surface area (Å²) < 4.78 is 10.7. The molecule has 132 valence electrons. The van der Waals surface area contributed by atoms with E-state index in [9.17, 15) is 4.79 Å². The maximum absolute atomic E-state index is 12.1. The topological polar surface area (TPSA) is 62.8 Å². The largest absolute Gasteiger partial charge is 0.497 e. The van der Waals surface area contributed by atoms with Crippen molar-refractivity contribution in [3.63, 3.8) is 0 Å². The number of hydrogen-bond donors (Lipinski definition) is 2. The van der Waals surface area contributed by atoms with Crippen molar-refractivity contribution >= 4 is 11.6 Å². The molecule has 3 rings (SSSR count). The van der Waals surface area contributed by atoms with Crippen molar-refractivity contribution in [2.45, 2.75) is 25.3 Å². The molecule has 2 N–H and O–H groups in total. The highest BCUT2D eigenvalue weighted by molar-refractivity contribution is 5.82. The van der Waals surface area contributed by atoms with Gasteiger partial charge >= 0.3 is 0 Å². The van der Waals surface area contributed by atoms with Gasteiger partial charge in [-0.25, -0.2) is 0 Å². The zero-order valence-electron chi connectivity index (χ0n) is 14.5. The lowest BCUT2D eigenvalue weighted by Crippen LogP contribution is -2.42. The van der Waals surface area contributed by atoms with Crippen molar-refractivity contribution in [1.29, 1.82) is 0 Å². The smallest absolute Gasteiger partial charge is 0.237 e. The van der Waals surface area contributed by atoms with E-state index in [0.29, 0.717) is 5.92 Å². The summed E-state index contributed by atoms with van der Waals surface area (Å²) in [5.41, 5.74) is 1.11. The molecule has 2 atom stereocenters. The molecule has 0 radical (unpaired) electrons. The number of carbonyl (C=O) groups is 1. The summed E-state index contributed by atoms with van der Waals surface area (Å²) in [6.45, 7) is 3.62. The lowest BCUT2D eigenvalue weighted by atomic mass is 10.1. The summed E-state index contributed by atoms with van der Waals surface area (Å²) in [6, 6.07) is 5.95. The molecule has 24 heavy (non-hydrogen) atoms. The minimum absolute atomic E-state index is 0.00477. The average molecular weight is 333 g/mol.